The lowest BCUT2D eigenvalue weighted by atomic mass is 10.1. The van der Waals surface area contributed by atoms with Crippen LogP contribution in [0, 0.1) is 5.82 Å². The summed E-state index contributed by atoms with van der Waals surface area (Å²) in [6.45, 7) is -0.221. The zero-order chi connectivity index (χ0) is 19.3. The molecule has 0 aliphatic heterocycles. The molecule has 138 valence electrons. The summed E-state index contributed by atoms with van der Waals surface area (Å²) >= 11 is 6.10. The lowest BCUT2D eigenvalue weighted by molar-refractivity contribution is -0.116. The van der Waals surface area contributed by atoms with E-state index in [1.165, 1.54) is 56.5 Å². The van der Waals surface area contributed by atoms with E-state index in [-0.39, 0.29) is 17.1 Å². The number of hydrogen-bond acceptors (Lipinski definition) is 4. The number of halogens is 2. The average molecular weight is 381 g/mol. The van der Waals surface area contributed by atoms with Gasteiger partial charge in [0.25, 0.3) is 5.91 Å². The normalized spacial score (nSPS) is 10.2. The van der Waals surface area contributed by atoms with Crippen molar-refractivity contribution >= 4 is 29.1 Å². The Morgan fingerprint density at radius 1 is 1.19 bits per heavy atom. The molecular formula is C18H18ClFN2O4. The predicted octanol–water partition coefficient (Wildman–Crippen LogP) is 3.21. The van der Waals surface area contributed by atoms with Crippen molar-refractivity contribution in [2.24, 2.45) is 0 Å². The van der Waals surface area contributed by atoms with E-state index in [4.69, 9.17) is 21.1 Å². The monoisotopic (exact) mass is 380 g/mol. The molecule has 6 nitrogen and oxygen atoms in total. The van der Waals surface area contributed by atoms with E-state index in [2.05, 4.69) is 5.32 Å². The fraction of sp³-hybridized carbons (Fsp3) is 0.222. The lowest BCUT2D eigenvalue weighted by Gasteiger charge is -2.18. The molecule has 0 unspecified atom stereocenters. The van der Waals surface area contributed by atoms with Crippen molar-refractivity contribution in [1.29, 1.82) is 0 Å². The van der Waals surface area contributed by atoms with Gasteiger partial charge >= 0.3 is 0 Å². The minimum absolute atomic E-state index is 0.216. The number of nitrogens with zero attached hydrogens (tertiary/aromatic N) is 1. The van der Waals surface area contributed by atoms with Crippen LogP contribution in [-0.2, 0) is 4.79 Å². The van der Waals surface area contributed by atoms with Crippen LogP contribution in [-0.4, -0.2) is 44.5 Å². The first-order valence-corrected chi connectivity index (χ1v) is 7.96. The zero-order valence-electron chi connectivity index (χ0n) is 14.5. The van der Waals surface area contributed by atoms with Crippen LogP contribution in [0.4, 0.5) is 10.1 Å². The number of carbonyl (C=O) groups is 2. The fourth-order valence-electron chi connectivity index (χ4n) is 2.32. The van der Waals surface area contributed by atoms with Crippen LogP contribution in [0.5, 0.6) is 11.5 Å². The van der Waals surface area contributed by atoms with Crippen molar-refractivity contribution in [2.45, 2.75) is 0 Å². The SMILES string of the molecule is COc1cc(C(=O)N(C)CC(=O)Nc2cccc(F)c2)cc(Cl)c1OC. The molecule has 0 bridgehead atoms. The average Bonchev–Trinajstić information content (AvgIpc) is 2.60. The summed E-state index contributed by atoms with van der Waals surface area (Å²) in [4.78, 5) is 25.8. The molecule has 0 aromatic heterocycles. The summed E-state index contributed by atoms with van der Waals surface area (Å²) in [5.74, 6) is -0.731. The first-order valence-electron chi connectivity index (χ1n) is 7.58. The molecule has 0 heterocycles. The molecule has 2 amide bonds. The van der Waals surface area contributed by atoms with Crippen LogP contribution < -0.4 is 14.8 Å². The first-order chi connectivity index (χ1) is 12.3. The molecule has 8 heteroatoms. The van der Waals surface area contributed by atoms with Gasteiger partial charge in [-0.2, -0.15) is 0 Å². The van der Waals surface area contributed by atoms with Crippen LogP contribution in [0.25, 0.3) is 0 Å². The molecule has 0 fully saturated rings. The maximum atomic E-state index is 13.2. The van der Waals surface area contributed by atoms with Gasteiger partial charge < -0.3 is 19.7 Å². The van der Waals surface area contributed by atoms with Gasteiger partial charge in [-0.15, -0.1) is 0 Å². The van der Waals surface area contributed by atoms with E-state index in [1.54, 1.807) is 6.07 Å². The van der Waals surface area contributed by atoms with Gasteiger partial charge in [0.1, 0.15) is 5.82 Å². The van der Waals surface area contributed by atoms with Gasteiger partial charge in [0.15, 0.2) is 11.5 Å². The first kappa shape index (κ1) is 19.5. The van der Waals surface area contributed by atoms with Crippen molar-refractivity contribution in [3.8, 4) is 11.5 Å². The molecule has 0 aliphatic rings. The predicted molar refractivity (Wildman–Crippen MR) is 96.5 cm³/mol. The summed E-state index contributed by atoms with van der Waals surface area (Å²) in [6, 6.07) is 8.41. The second-order valence-corrected chi connectivity index (χ2v) is 5.82. The Morgan fingerprint density at radius 2 is 1.92 bits per heavy atom. The molecule has 1 N–H and O–H groups in total. The van der Waals surface area contributed by atoms with E-state index in [0.717, 1.165) is 0 Å². The highest BCUT2D eigenvalue weighted by Gasteiger charge is 2.19. The van der Waals surface area contributed by atoms with Crippen molar-refractivity contribution in [3.05, 3.63) is 52.8 Å². The molecule has 0 atom stereocenters. The smallest absolute Gasteiger partial charge is 0.254 e. The van der Waals surface area contributed by atoms with Crippen LogP contribution >= 0.6 is 11.6 Å². The van der Waals surface area contributed by atoms with Gasteiger partial charge in [0.2, 0.25) is 5.91 Å². The Balaban J connectivity index is 2.09. The third kappa shape index (κ3) is 4.64. The van der Waals surface area contributed by atoms with E-state index in [1.807, 2.05) is 0 Å². The Kier molecular flexibility index (Phi) is 6.41. The summed E-state index contributed by atoms with van der Waals surface area (Å²) in [5, 5.41) is 2.74. The van der Waals surface area contributed by atoms with Crippen LogP contribution in [0.2, 0.25) is 5.02 Å². The Morgan fingerprint density at radius 3 is 2.54 bits per heavy atom. The zero-order valence-corrected chi connectivity index (χ0v) is 15.3. The maximum absolute atomic E-state index is 13.2. The molecule has 2 rings (SSSR count). The van der Waals surface area contributed by atoms with Crippen molar-refractivity contribution in [2.75, 3.05) is 33.1 Å². The molecule has 0 aliphatic carbocycles. The minimum atomic E-state index is -0.466. The molecule has 0 spiro atoms. The van der Waals surface area contributed by atoms with Crippen LogP contribution in [0.3, 0.4) is 0 Å². The van der Waals surface area contributed by atoms with Crippen LogP contribution in [0.1, 0.15) is 10.4 Å². The number of hydrogen-bond donors (Lipinski definition) is 1. The summed E-state index contributed by atoms with van der Waals surface area (Å²) < 4.78 is 23.4. The second-order valence-electron chi connectivity index (χ2n) is 5.41. The van der Waals surface area contributed by atoms with Gasteiger partial charge in [-0.25, -0.2) is 4.39 Å². The number of benzene rings is 2. The number of likely N-dealkylation sites (N-methyl/N-ethyl adjacent to an activating group) is 1. The number of amides is 2. The van der Waals surface area contributed by atoms with E-state index in [0.29, 0.717) is 17.2 Å². The standard InChI is InChI=1S/C18H18ClFN2O4/c1-22(10-16(23)21-13-6-4-5-12(20)9-13)18(24)11-7-14(19)17(26-3)15(8-11)25-2/h4-9H,10H2,1-3H3,(H,21,23). The highest BCUT2D eigenvalue weighted by molar-refractivity contribution is 6.32. The minimum Gasteiger partial charge on any atom is -0.493 e. The molecule has 2 aromatic carbocycles. The van der Waals surface area contributed by atoms with Gasteiger partial charge in [-0.1, -0.05) is 17.7 Å². The number of ether oxygens (including phenoxy) is 2. The van der Waals surface area contributed by atoms with Crippen molar-refractivity contribution in [3.63, 3.8) is 0 Å². The highest BCUT2D eigenvalue weighted by Crippen LogP contribution is 2.36. The molecule has 0 radical (unpaired) electrons. The summed E-state index contributed by atoms with van der Waals surface area (Å²) in [7, 11) is 4.34. The number of nitrogens with one attached hydrogen (secondary N) is 1. The topological polar surface area (TPSA) is 67.9 Å². The maximum Gasteiger partial charge on any atom is 0.254 e. The highest BCUT2D eigenvalue weighted by atomic mass is 35.5. The van der Waals surface area contributed by atoms with Crippen molar-refractivity contribution < 1.29 is 23.5 Å². The van der Waals surface area contributed by atoms with Crippen LogP contribution in [0.15, 0.2) is 36.4 Å². The molecular weight excluding hydrogens is 363 g/mol. The molecule has 2 aromatic rings. The van der Waals surface area contributed by atoms with E-state index in [9.17, 15) is 14.0 Å². The third-order valence-electron chi connectivity index (χ3n) is 3.52. The Labute approximate surface area is 155 Å². The quantitative estimate of drug-likeness (QED) is 0.835. The van der Waals surface area contributed by atoms with Crippen molar-refractivity contribution in [1.82, 2.24) is 4.90 Å². The van der Waals surface area contributed by atoms with E-state index < -0.39 is 17.6 Å². The number of anilines is 1. The van der Waals surface area contributed by atoms with Gasteiger partial charge in [-0.05, 0) is 30.3 Å². The fourth-order valence-corrected chi connectivity index (χ4v) is 2.60. The number of methoxy groups -OCH3 is 2. The number of carbonyl (C=O) groups excluding carboxylic acids is 2. The second kappa shape index (κ2) is 8.53. The Bertz CT molecular complexity index is 829. The molecule has 26 heavy (non-hydrogen) atoms. The third-order valence-corrected chi connectivity index (χ3v) is 3.80. The van der Waals surface area contributed by atoms with Gasteiger partial charge in [-0.3, -0.25) is 9.59 Å². The largest absolute Gasteiger partial charge is 0.493 e. The van der Waals surface area contributed by atoms with Gasteiger partial charge in [0.05, 0.1) is 25.8 Å². The number of rotatable bonds is 6. The molecule has 0 saturated heterocycles. The lowest BCUT2D eigenvalue weighted by Crippen LogP contribution is -2.35. The van der Waals surface area contributed by atoms with Gasteiger partial charge in [0, 0.05) is 18.3 Å². The summed E-state index contributed by atoms with van der Waals surface area (Å²) in [5.41, 5.74) is 0.554. The van der Waals surface area contributed by atoms with E-state index >= 15 is 0 Å². The summed E-state index contributed by atoms with van der Waals surface area (Å²) in [6.07, 6.45) is 0. The molecule has 0 saturated carbocycles. The Hall–Kier alpha value is -2.80.